The predicted octanol–water partition coefficient (Wildman–Crippen LogP) is 1.40. The van der Waals surface area contributed by atoms with E-state index in [2.05, 4.69) is 20.0 Å². The topological polar surface area (TPSA) is 144 Å². The molecular formula is C21H23N5O5S. The Hall–Kier alpha value is -3.60. The van der Waals surface area contributed by atoms with Gasteiger partial charge in [-0.1, -0.05) is 0 Å². The van der Waals surface area contributed by atoms with Crippen molar-refractivity contribution < 1.29 is 18.0 Å². The lowest BCUT2D eigenvalue weighted by atomic mass is 10.2. The summed E-state index contributed by atoms with van der Waals surface area (Å²) >= 11 is 0. The molecule has 2 heterocycles. The number of sulfonamides is 1. The highest BCUT2D eigenvalue weighted by atomic mass is 32.2. The van der Waals surface area contributed by atoms with Gasteiger partial charge in [0.05, 0.1) is 15.9 Å². The van der Waals surface area contributed by atoms with E-state index in [1.54, 1.807) is 4.90 Å². The summed E-state index contributed by atoms with van der Waals surface area (Å²) in [5.41, 5.74) is 1.11. The van der Waals surface area contributed by atoms with Crippen LogP contribution in [0.5, 0.6) is 0 Å². The van der Waals surface area contributed by atoms with Crippen molar-refractivity contribution in [2.45, 2.75) is 24.2 Å². The first kappa shape index (κ1) is 21.6. The summed E-state index contributed by atoms with van der Waals surface area (Å²) in [4.78, 5) is 42.5. The van der Waals surface area contributed by atoms with E-state index < -0.39 is 15.7 Å². The maximum atomic E-state index is 12.7. The number of carbonyl (C=O) groups is 2. The van der Waals surface area contributed by atoms with E-state index in [0.717, 1.165) is 25.9 Å². The van der Waals surface area contributed by atoms with Gasteiger partial charge in [0.1, 0.15) is 0 Å². The van der Waals surface area contributed by atoms with Crippen molar-refractivity contribution in [1.29, 1.82) is 0 Å². The zero-order valence-corrected chi connectivity index (χ0v) is 18.0. The number of benzene rings is 2. The van der Waals surface area contributed by atoms with Gasteiger partial charge >= 0.3 is 5.69 Å². The summed E-state index contributed by atoms with van der Waals surface area (Å²) in [7, 11) is -3.89. The molecule has 0 atom stereocenters. The van der Waals surface area contributed by atoms with Crippen LogP contribution in [-0.4, -0.2) is 54.7 Å². The molecule has 1 aromatic heterocycles. The van der Waals surface area contributed by atoms with Crippen LogP contribution in [-0.2, 0) is 14.8 Å². The Bertz CT molecular complexity index is 1300. The second-order valence-electron chi connectivity index (χ2n) is 7.56. The van der Waals surface area contributed by atoms with Gasteiger partial charge in [-0.3, -0.25) is 14.3 Å². The second kappa shape index (κ2) is 8.87. The van der Waals surface area contributed by atoms with Gasteiger partial charge in [0.2, 0.25) is 5.91 Å². The molecule has 168 valence electrons. The number of imidazole rings is 1. The minimum atomic E-state index is -3.89. The van der Waals surface area contributed by atoms with Gasteiger partial charge in [-0.15, -0.1) is 0 Å². The fourth-order valence-corrected chi connectivity index (χ4v) is 4.68. The van der Waals surface area contributed by atoms with Gasteiger partial charge in [0.15, 0.2) is 0 Å². The molecule has 0 radical (unpaired) electrons. The first-order chi connectivity index (χ1) is 15.3. The van der Waals surface area contributed by atoms with E-state index in [1.807, 2.05) is 0 Å². The Labute approximate surface area is 184 Å². The van der Waals surface area contributed by atoms with Gasteiger partial charge in [-0.2, -0.15) is 0 Å². The Balaban J connectivity index is 1.35. The van der Waals surface area contributed by atoms with Crippen LogP contribution in [0.1, 0.15) is 29.6 Å². The minimum Gasteiger partial charge on any atom is -0.352 e. The summed E-state index contributed by atoms with van der Waals surface area (Å²) < 4.78 is 27.8. The first-order valence-electron chi connectivity index (χ1n) is 10.2. The minimum absolute atomic E-state index is 0.00950. The Kier molecular flexibility index (Phi) is 5.99. The molecule has 11 heteroatoms. The number of amides is 2. The molecule has 10 nitrogen and oxygen atoms in total. The zero-order valence-electron chi connectivity index (χ0n) is 17.2. The van der Waals surface area contributed by atoms with Crippen LogP contribution in [0.2, 0.25) is 0 Å². The average molecular weight is 458 g/mol. The lowest BCUT2D eigenvalue weighted by Crippen LogP contribution is -2.32. The molecule has 3 aromatic rings. The van der Waals surface area contributed by atoms with Crippen LogP contribution < -0.4 is 15.7 Å². The van der Waals surface area contributed by atoms with Crippen molar-refractivity contribution in [3.05, 3.63) is 58.5 Å². The summed E-state index contributed by atoms with van der Waals surface area (Å²) in [5.74, 6) is -0.301. The fourth-order valence-electron chi connectivity index (χ4n) is 3.59. The third-order valence-electron chi connectivity index (χ3n) is 5.28. The van der Waals surface area contributed by atoms with Crippen molar-refractivity contribution in [3.63, 3.8) is 0 Å². The molecular weight excluding hydrogens is 434 g/mol. The molecule has 1 fully saturated rings. The van der Waals surface area contributed by atoms with Gasteiger partial charge in [0.25, 0.3) is 15.9 Å². The van der Waals surface area contributed by atoms with Crippen LogP contribution >= 0.6 is 0 Å². The Morgan fingerprint density at radius 3 is 2.38 bits per heavy atom. The van der Waals surface area contributed by atoms with Gasteiger partial charge < -0.3 is 20.2 Å². The number of likely N-dealkylation sites (tertiary alicyclic amines) is 1. The number of hydrogen-bond acceptors (Lipinski definition) is 5. The SMILES string of the molecule is O=C(NCCC(=O)N1CCCC1)c1ccc(NS(=O)(=O)c2ccc3[nH]c(=O)[nH]c3c2)cc1. The number of fused-ring (bicyclic) bond motifs is 1. The Morgan fingerprint density at radius 1 is 0.969 bits per heavy atom. The summed E-state index contributed by atoms with van der Waals surface area (Å²) in [5, 5.41) is 2.71. The number of hydrogen-bond donors (Lipinski definition) is 4. The quantitative estimate of drug-likeness (QED) is 0.424. The van der Waals surface area contributed by atoms with Crippen LogP contribution in [0.15, 0.2) is 52.2 Å². The molecule has 1 aliphatic rings. The van der Waals surface area contributed by atoms with Crippen LogP contribution in [0.3, 0.4) is 0 Å². The van der Waals surface area contributed by atoms with Crippen molar-refractivity contribution >= 4 is 38.6 Å². The molecule has 32 heavy (non-hydrogen) atoms. The fraction of sp³-hybridized carbons (Fsp3) is 0.286. The molecule has 1 saturated heterocycles. The number of nitrogens with one attached hydrogen (secondary N) is 4. The van der Waals surface area contributed by atoms with E-state index in [9.17, 15) is 22.8 Å². The lowest BCUT2D eigenvalue weighted by Gasteiger charge is -2.15. The van der Waals surface area contributed by atoms with Crippen LogP contribution in [0.4, 0.5) is 5.69 Å². The van der Waals surface area contributed by atoms with Gasteiger partial charge in [0, 0.05) is 37.3 Å². The molecule has 4 rings (SSSR count). The standard InChI is InChI=1S/C21H23N5O5S/c27-19(26-11-1-2-12-26)9-10-22-20(28)14-3-5-15(6-4-14)25-32(30,31)16-7-8-17-18(13-16)24-21(29)23-17/h3-8,13,25H,1-2,9-12H2,(H,22,28)(H2,23,24,29). The summed E-state index contributed by atoms with van der Waals surface area (Å²) in [6.07, 6.45) is 2.29. The number of rotatable bonds is 7. The number of aromatic amines is 2. The smallest absolute Gasteiger partial charge is 0.323 e. The molecule has 0 saturated carbocycles. The predicted molar refractivity (Wildman–Crippen MR) is 119 cm³/mol. The molecule has 0 unspecified atom stereocenters. The highest BCUT2D eigenvalue weighted by Crippen LogP contribution is 2.19. The summed E-state index contributed by atoms with van der Waals surface area (Å²) in [6, 6.07) is 10.2. The monoisotopic (exact) mass is 457 g/mol. The van der Waals surface area contributed by atoms with E-state index in [4.69, 9.17) is 0 Å². The van der Waals surface area contributed by atoms with Gasteiger partial charge in [-0.25, -0.2) is 13.2 Å². The van der Waals surface area contributed by atoms with E-state index in [-0.39, 0.29) is 35.4 Å². The van der Waals surface area contributed by atoms with Crippen molar-refractivity contribution in [3.8, 4) is 0 Å². The summed E-state index contributed by atoms with van der Waals surface area (Å²) in [6.45, 7) is 1.80. The Morgan fingerprint density at radius 2 is 1.66 bits per heavy atom. The van der Waals surface area contributed by atoms with Crippen molar-refractivity contribution in [2.75, 3.05) is 24.4 Å². The lowest BCUT2D eigenvalue weighted by molar-refractivity contribution is -0.129. The number of anilines is 1. The first-order valence-corrected chi connectivity index (χ1v) is 11.7. The highest BCUT2D eigenvalue weighted by Gasteiger charge is 2.18. The zero-order chi connectivity index (χ0) is 22.7. The number of nitrogens with zero attached hydrogens (tertiary/aromatic N) is 1. The second-order valence-corrected chi connectivity index (χ2v) is 9.25. The van der Waals surface area contributed by atoms with Crippen molar-refractivity contribution in [2.24, 2.45) is 0 Å². The molecule has 1 aliphatic heterocycles. The highest BCUT2D eigenvalue weighted by molar-refractivity contribution is 7.92. The molecule has 2 aromatic carbocycles. The maximum absolute atomic E-state index is 12.7. The molecule has 0 aliphatic carbocycles. The van der Waals surface area contributed by atoms with E-state index in [1.165, 1.54) is 42.5 Å². The number of aromatic nitrogens is 2. The third-order valence-corrected chi connectivity index (χ3v) is 6.66. The molecule has 0 spiro atoms. The third kappa shape index (κ3) is 4.83. The average Bonchev–Trinajstić information content (AvgIpc) is 3.42. The largest absolute Gasteiger partial charge is 0.352 e. The maximum Gasteiger partial charge on any atom is 0.323 e. The van der Waals surface area contributed by atoms with Crippen LogP contribution in [0.25, 0.3) is 11.0 Å². The number of H-pyrrole nitrogens is 2. The van der Waals surface area contributed by atoms with Gasteiger partial charge in [-0.05, 0) is 55.3 Å². The van der Waals surface area contributed by atoms with Crippen LogP contribution in [0, 0.1) is 0 Å². The normalized spacial score (nSPS) is 13.9. The molecule has 0 bridgehead atoms. The van der Waals surface area contributed by atoms with E-state index in [0.29, 0.717) is 16.6 Å². The molecule has 2 amide bonds. The van der Waals surface area contributed by atoms with Crippen molar-refractivity contribution in [1.82, 2.24) is 20.2 Å². The number of carbonyl (C=O) groups excluding carboxylic acids is 2. The van der Waals surface area contributed by atoms with E-state index >= 15 is 0 Å². The molecule has 4 N–H and O–H groups in total.